The Bertz CT molecular complexity index is 614. The first-order chi connectivity index (χ1) is 11.0. The van der Waals surface area contributed by atoms with Crippen LogP contribution in [0.4, 0.5) is 5.69 Å². The molecule has 6 heteroatoms. The van der Waals surface area contributed by atoms with E-state index in [0.29, 0.717) is 13.1 Å². The van der Waals surface area contributed by atoms with Gasteiger partial charge in [-0.25, -0.2) is 0 Å². The van der Waals surface area contributed by atoms with E-state index in [4.69, 9.17) is 4.74 Å². The molecule has 2 aliphatic rings. The number of benzene rings is 1. The maximum atomic E-state index is 12.3. The summed E-state index contributed by atoms with van der Waals surface area (Å²) in [6, 6.07) is 5.80. The molecular formula is C17H21BrN2O3. The minimum atomic E-state index is -0.284. The van der Waals surface area contributed by atoms with Gasteiger partial charge in [0, 0.05) is 36.3 Å². The van der Waals surface area contributed by atoms with Crippen molar-refractivity contribution in [3.8, 4) is 0 Å². The van der Waals surface area contributed by atoms with E-state index in [9.17, 15) is 9.59 Å². The monoisotopic (exact) mass is 380 g/mol. The molecule has 2 heterocycles. The first kappa shape index (κ1) is 16.5. The molecule has 2 fully saturated rings. The van der Waals surface area contributed by atoms with Gasteiger partial charge in [-0.15, -0.1) is 0 Å². The lowest BCUT2D eigenvalue weighted by Crippen LogP contribution is -2.37. The highest BCUT2D eigenvalue weighted by Crippen LogP contribution is 2.28. The second kappa shape index (κ2) is 7.01. The number of anilines is 1. The fourth-order valence-electron chi connectivity index (χ4n) is 3.09. The van der Waals surface area contributed by atoms with Crippen LogP contribution in [0, 0.1) is 12.8 Å². The van der Waals surface area contributed by atoms with E-state index in [1.807, 2.05) is 25.1 Å². The molecule has 1 N–H and O–H groups in total. The Morgan fingerprint density at radius 1 is 1.48 bits per heavy atom. The predicted molar refractivity (Wildman–Crippen MR) is 91.3 cm³/mol. The van der Waals surface area contributed by atoms with E-state index in [0.717, 1.165) is 35.2 Å². The van der Waals surface area contributed by atoms with E-state index in [1.54, 1.807) is 4.90 Å². The van der Waals surface area contributed by atoms with Crippen molar-refractivity contribution in [3.63, 3.8) is 0 Å². The summed E-state index contributed by atoms with van der Waals surface area (Å²) in [6.45, 7) is 3.75. The number of halogens is 1. The van der Waals surface area contributed by atoms with Gasteiger partial charge in [-0.05, 0) is 43.5 Å². The largest absolute Gasteiger partial charge is 0.376 e. The van der Waals surface area contributed by atoms with Gasteiger partial charge in [0.15, 0.2) is 0 Å². The van der Waals surface area contributed by atoms with Crippen LogP contribution in [0.15, 0.2) is 22.7 Å². The minimum Gasteiger partial charge on any atom is -0.376 e. The summed E-state index contributed by atoms with van der Waals surface area (Å²) >= 11 is 3.46. The van der Waals surface area contributed by atoms with Crippen LogP contribution in [0.25, 0.3) is 0 Å². The molecule has 124 valence electrons. The number of amides is 2. The van der Waals surface area contributed by atoms with Gasteiger partial charge < -0.3 is 15.0 Å². The van der Waals surface area contributed by atoms with Crippen molar-refractivity contribution in [2.24, 2.45) is 5.92 Å². The Morgan fingerprint density at radius 2 is 2.30 bits per heavy atom. The Morgan fingerprint density at radius 3 is 3.00 bits per heavy atom. The van der Waals surface area contributed by atoms with Gasteiger partial charge in [-0.2, -0.15) is 0 Å². The number of nitrogens with zero attached hydrogens (tertiary/aromatic N) is 1. The molecule has 2 aliphatic heterocycles. The summed E-state index contributed by atoms with van der Waals surface area (Å²) in [4.78, 5) is 26.3. The molecule has 0 unspecified atom stereocenters. The standard InChI is InChI=1S/C17H21BrN2O3/c1-11-7-13(4-5-15(11)18)20-10-12(8-16(20)21)17(22)19-9-14-3-2-6-23-14/h4-5,7,12,14H,2-3,6,8-10H2,1H3,(H,19,22)/t12-,14-/m1/s1. The second-order valence-electron chi connectivity index (χ2n) is 6.22. The Kier molecular flexibility index (Phi) is 5.02. The van der Waals surface area contributed by atoms with Gasteiger partial charge in [0.2, 0.25) is 11.8 Å². The summed E-state index contributed by atoms with van der Waals surface area (Å²) in [5.74, 6) is -0.331. The smallest absolute Gasteiger partial charge is 0.227 e. The molecule has 1 aromatic rings. The summed E-state index contributed by atoms with van der Waals surface area (Å²) in [7, 11) is 0. The van der Waals surface area contributed by atoms with E-state index in [1.165, 1.54) is 0 Å². The molecule has 2 atom stereocenters. The fourth-order valence-corrected chi connectivity index (χ4v) is 3.34. The SMILES string of the molecule is Cc1cc(N2C[C@H](C(=O)NC[C@H]3CCCO3)CC2=O)ccc1Br. The van der Waals surface area contributed by atoms with E-state index in [-0.39, 0.29) is 30.3 Å². The molecular weight excluding hydrogens is 360 g/mol. The van der Waals surface area contributed by atoms with Crippen molar-refractivity contribution >= 4 is 33.4 Å². The molecule has 2 saturated heterocycles. The normalized spacial score (nSPS) is 24.3. The lowest BCUT2D eigenvalue weighted by molar-refractivity contribution is -0.126. The average molecular weight is 381 g/mol. The second-order valence-corrected chi connectivity index (χ2v) is 7.07. The molecule has 23 heavy (non-hydrogen) atoms. The Labute approximate surface area is 144 Å². The van der Waals surface area contributed by atoms with Crippen molar-refractivity contribution in [1.29, 1.82) is 0 Å². The lowest BCUT2D eigenvalue weighted by atomic mass is 10.1. The van der Waals surface area contributed by atoms with Crippen LogP contribution in [0.1, 0.15) is 24.8 Å². The molecule has 5 nitrogen and oxygen atoms in total. The number of hydrogen-bond donors (Lipinski definition) is 1. The summed E-state index contributed by atoms with van der Waals surface area (Å²) in [5, 5.41) is 2.93. The molecule has 0 aliphatic carbocycles. The number of nitrogens with one attached hydrogen (secondary N) is 1. The maximum Gasteiger partial charge on any atom is 0.227 e. The lowest BCUT2D eigenvalue weighted by Gasteiger charge is -2.18. The molecule has 1 aromatic carbocycles. The summed E-state index contributed by atoms with van der Waals surface area (Å²) < 4.78 is 6.52. The van der Waals surface area contributed by atoms with Gasteiger partial charge in [-0.1, -0.05) is 15.9 Å². The number of aryl methyl sites for hydroxylation is 1. The van der Waals surface area contributed by atoms with Crippen LogP contribution in [0.5, 0.6) is 0 Å². The van der Waals surface area contributed by atoms with Gasteiger partial charge in [0.25, 0.3) is 0 Å². The number of hydrogen-bond acceptors (Lipinski definition) is 3. The minimum absolute atomic E-state index is 0.00369. The summed E-state index contributed by atoms with van der Waals surface area (Å²) in [6.07, 6.45) is 2.45. The molecule has 0 bridgehead atoms. The molecule has 0 saturated carbocycles. The highest BCUT2D eigenvalue weighted by Gasteiger charge is 2.35. The average Bonchev–Trinajstić information content (AvgIpc) is 3.17. The van der Waals surface area contributed by atoms with E-state index >= 15 is 0 Å². The van der Waals surface area contributed by atoms with Gasteiger partial charge in [0.1, 0.15) is 0 Å². The maximum absolute atomic E-state index is 12.3. The zero-order chi connectivity index (χ0) is 16.4. The zero-order valence-corrected chi connectivity index (χ0v) is 14.8. The predicted octanol–water partition coefficient (Wildman–Crippen LogP) is 2.41. The third-order valence-electron chi connectivity index (χ3n) is 4.48. The van der Waals surface area contributed by atoms with Crippen molar-refractivity contribution in [2.45, 2.75) is 32.3 Å². The van der Waals surface area contributed by atoms with Crippen molar-refractivity contribution in [1.82, 2.24) is 5.32 Å². The van der Waals surface area contributed by atoms with E-state index < -0.39 is 0 Å². The Hall–Kier alpha value is -1.40. The highest BCUT2D eigenvalue weighted by molar-refractivity contribution is 9.10. The third-order valence-corrected chi connectivity index (χ3v) is 5.37. The molecule has 0 radical (unpaired) electrons. The fraction of sp³-hybridized carbons (Fsp3) is 0.529. The van der Waals surface area contributed by atoms with Crippen LogP contribution in [0.3, 0.4) is 0 Å². The third kappa shape index (κ3) is 3.75. The van der Waals surface area contributed by atoms with Gasteiger partial charge >= 0.3 is 0 Å². The number of carbonyl (C=O) groups is 2. The van der Waals surface area contributed by atoms with Crippen LogP contribution >= 0.6 is 15.9 Å². The van der Waals surface area contributed by atoms with Crippen molar-refractivity contribution in [3.05, 3.63) is 28.2 Å². The van der Waals surface area contributed by atoms with Crippen LogP contribution < -0.4 is 10.2 Å². The number of rotatable bonds is 4. The van der Waals surface area contributed by atoms with E-state index in [2.05, 4.69) is 21.2 Å². The molecule has 0 aromatic heterocycles. The quantitative estimate of drug-likeness (QED) is 0.872. The number of ether oxygens (including phenoxy) is 1. The molecule has 0 spiro atoms. The first-order valence-corrected chi connectivity index (χ1v) is 8.79. The first-order valence-electron chi connectivity index (χ1n) is 8.00. The molecule has 2 amide bonds. The van der Waals surface area contributed by atoms with Crippen molar-refractivity contribution in [2.75, 3.05) is 24.6 Å². The zero-order valence-electron chi connectivity index (χ0n) is 13.2. The molecule has 3 rings (SSSR count). The van der Waals surface area contributed by atoms with Crippen LogP contribution in [-0.2, 0) is 14.3 Å². The van der Waals surface area contributed by atoms with Gasteiger partial charge in [-0.3, -0.25) is 9.59 Å². The van der Waals surface area contributed by atoms with Crippen LogP contribution in [-0.4, -0.2) is 37.6 Å². The topological polar surface area (TPSA) is 58.6 Å². The summed E-state index contributed by atoms with van der Waals surface area (Å²) in [5.41, 5.74) is 1.92. The van der Waals surface area contributed by atoms with Crippen LogP contribution in [0.2, 0.25) is 0 Å². The Balaban J connectivity index is 1.59. The number of carbonyl (C=O) groups excluding carboxylic acids is 2. The van der Waals surface area contributed by atoms with Gasteiger partial charge in [0.05, 0.1) is 12.0 Å². The van der Waals surface area contributed by atoms with Crippen molar-refractivity contribution < 1.29 is 14.3 Å². The highest BCUT2D eigenvalue weighted by atomic mass is 79.9.